The average Bonchev–Trinajstić information content (AvgIpc) is 2.88. The Morgan fingerprint density at radius 2 is 1.17 bits per heavy atom. The van der Waals surface area contributed by atoms with Gasteiger partial charge in [-0.25, -0.2) is 4.79 Å². The van der Waals surface area contributed by atoms with Crippen LogP contribution in [0.5, 0.6) is 5.75 Å². The highest BCUT2D eigenvalue weighted by Gasteiger charge is 2.56. The number of carbonyl (C=O) groups is 1. The van der Waals surface area contributed by atoms with Gasteiger partial charge in [-0.05, 0) is 185 Å². The molecule has 8 bridgehead atoms. The van der Waals surface area contributed by atoms with Crippen molar-refractivity contribution in [1.29, 1.82) is 0 Å². The second-order valence-electron chi connectivity index (χ2n) is 14.9. The van der Waals surface area contributed by atoms with E-state index in [1.165, 1.54) is 38.5 Å². The van der Waals surface area contributed by atoms with Gasteiger partial charge in [-0.2, -0.15) is 8.42 Å². The first-order valence-corrected chi connectivity index (χ1v) is 19.2. The van der Waals surface area contributed by atoms with Crippen molar-refractivity contribution < 1.29 is 22.5 Å². The minimum absolute atomic E-state index is 0.0568. The summed E-state index contributed by atoms with van der Waals surface area (Å²) in [4.78, 5) is 14.0. The summed E-state index contributed by atoms with van der Waals surface area (Å²) in [5, 5.41) is 0. The molecule has 0 radical (unpaired) electrons. The van der Waals surface area contributed by atoms with Crippen LogP contribution in [0.15, 0.2) is 42.6 Å². The van der Waals surface area contributed by atoms with Crippen molar-refractivity contribution in [3.63, 3.8) is 0 Å². The van der Waals surface area contributed by atoms with Crippen LogP contribution in [0.1, 0.15) is 98.5 Å². The summed E-state index contributed by atoms with van der Waals surface area (Å²) >= 11 is 10.6. The van der Waals surface area contributed by atoms with E-state index in [-0.39, 0.29) is 15.7 Å². The van der Waals surface area contributed by atoms with Crippen LogP contribution in [0, 0.1) is 35.5 Å². The molecule has 2 aromatic carbocycles. The van der Waals surface area contributed by atoms with Gasteiger partial charge in [0.2, 0.25) is 0 Å². The van der Waals surface area contributed by atoms with Crippen molar-refractivity contribution in [2.45, 2.75) is 92.8 Å². The summed E-state index contributed by atoms with van der Waals surface area (Å²) in [6.07, 6.45) is 13.2. The molecule has 9 heteroatoms. The quantitative estimate of drug-likeness (QED) is 0.142. The monoisotopic (exact) mass is 780 g/mol. The molecule has 0 saturated heterocycles. The zero-order valence-electron chi connectivity index (χ0n) is 23.4. The van der Waals surface area contributed by atoms with Crippen molar-refractivity contribution in [3.05, 3.63) is 54.4 Å². The number of esters is 1. The van der Waals surface area contributed by atoms with Crippen LogP contribution in [-0.4, -0.2) is 18.9 Å². The number of hydrogen-bond donors (Lipinski definition) is 1. The van der Waals surface area contributed by atoms with Crippen molar-refractivity contribution in [2.24, 2.45) is 35.5 Å². The number of carbonyl (C=O) groups excluding carboxylic acids is 1. The summed E-state index contributed by atoms with van der Waals surface area (Å²) in [7, 11) is -4.50. The SMILES string of the molecule is O=C(Oc1cc(C23CC4CC(CC(C4)C2)C3)c(S(=O)(=O)O)cc1C12CC3CC(CC(C3)C1)C2)c1cc(Br)cc(Br)c1Br. The van der Waals surface area contributed by atoms with E-state index in [0.717, 1.165) is 53.0 Å². The molecule has 8 fully saturated rings. The maximum atomic E-state index is 13.9. The Bertz CT molecular complexity index is 1550. The second-order valence-corrected chi connectivity index (χ2v) is 18.8. The number of halogens is 3. The fourth-order valence-corrected chi connectivity index (χ4v) is 13.9. The average molecular weight is 783 g/mol. The van der Waals surface area contributed by atoms with Gasteiger partial charge in [0.05, 0.1) is 10.5 Å². The summed E-state index contributed by atoms with van der Waals surface area (Å²) in [6.45, 7) is 0. The molecule has 0 atom stereocenters. The van der Waals surface area contributed by atoms with Crippen molar-refractivity contribution in [1.82, 2.24) is 0 Å². The first-order valence-electron chi connectivity index (χ1n) is 15.4. The Morgan fingerprint density at radius 3 is 1.62 bits per heavy atom. The smallest absolute Gasteiger partial charge is 0.344 e. The van der Waals surface area contributed by atoms with Crippen LogP contribution in [-0.2, 0) is 20.9 Å². The standard InChI is InChI=1S/C33H35Br3O5S/c34-23-7-24(30(36)27(35)8-23)31(37)41-28-9-26(33-14-20-4-21(15-33)6-22(5-20)16-33)29(42(38,39)40)10-25(28)32-11-17-1-18(12-32)3-19(2-17)13-32/h7-10,17-22H,1-6,11-16H2,(H,38,39,40). The van der Waals surface area contributed by atoms with Crippen LogP contribution < -0.4 is 4.74 Å². The molecule has 5 nitrogen and oxygen atoms in total. The summed E-state index contributed by atoms with van der Waals surface area (Å²) in [5.74, 6) is 3.64. The molecule has 8 aliphatic rings. The molecule has 0 heterocycles. The number of rotatable bonds is 5. The van der Waals surface area contributed by atoms with Gasteiger partial charge in [-0.15, -0.1) is 0 Å². The van der Waals surface area contributed by atoms with Gasteiger partial charge in [0.15, 0.2) is 0 Å². The van der Waals surface area contributed by atoms with Crippen LogP contribution in [0.2, 0.25) is 0 Å². The van der Waals surface area contributed by atoms with E-state index in [1.807, 2.05) is 12.1 Å². The van der Waals surface area contributed by atoms with E-state index in [1.54, 1.807) is 12.1 Å². The van der Waals surface area contributed by atoms with E-state index in [4.69, 9.17) is 4.74 Å². The normalized spacial score (nSPS) is 37.8. The van der Waals surface area contributed by atoms with E-state index in [0.29, 0.717) is 56.9 Å². The zero-order valence-corrected chi connectivity index (χ0v) is 29.0. The Labute approximate surface area is 273 Å². The Kier molecular flexibility index (Phi) is 6.75. The molecule has 10 rings (SSSR count). The molecule has 0 amide bonds. The number of hydrogen-bond acceptors (Lipinski definition) is 4. The fraction of sp³-hybridized carbons (Fsp3) is 0.606. The van der Waals surface area contributed by atoms with Gasteiger partial charge in [0, 0.05) is 19.0 Å². The summed E-state index contributed by atoms with van der Waals surface area (Å²) in [6, 6.07) is 7.26. The highest BCUT2D eigenvalue weighted by atomic mass is 79.9. The molecule has 2 aromatic rings. The molecule has 0 spiro atoms. The lowest BCUT2D eigenvalue weighted by Gasteiger charge is -2.58. The lowest BCUT2D eigenvalue weighted by atomic mass is 9.47. The van der Waals surface area contributed by atoms with Crippen LogP contribution in [0.3, 0.4) is 0 Å². The first-order chi connectivity index (χ1) is 19.9. The minimum Gasteiger partial charge on any atom is -0.423 e. The largest absolute Gasteiger partial charge is 0.423 e. The zero-order chi connectivity index (χ0) is 29.2. The molecule has 224 valence electrons. The van der Waals surface area contributed by atoms with E-state index < -0.39 is 16.1 Å². The lowest BCUT2D eigenvalue weighted by Crippen LogP contribution is -2.50. The molecule has 1 N–H and O–H groups in total. The molecule has 0 aromatic heterocycles. The maximum Gasteiger partial charge on any atom is 0.344 e. The molecule has 42 heavy (non-hydrogen) atoms. The van der Waals surface area contributed by atoms with Gasteiger partial charge in [0.1, 0.15) is 5.75 Å². The van der Waals surface area contributed by atoms with Crippen LogP contribution >= 0.6 is 47.8 Å². The van der Waals surface area contributed by atoms with Crippen LogP contribution in [0.4, 0.5) is 0 Å². The third kappa shape index (κ3) is 4.64. The Hall–Kier alpha value is -0.740. The predicted octanol–water partition coefficient (Wildman–Crippen LogP) is 9.38. The predicted molar refractivity (Wildman–Crippen MR) is 170 cm³/mol. The molecular formula is C33H35Br3O5S. The number of benzene rings is 2. The van der Waals surface area contributed by atoms with Crippen molar-refractivity contribution in [3.8, 4) is 5.75 Å². The summed E-state index contributed by atoms with van der Waals surface area (Å²) < 4.78 is 45.7. The van der Waals surface area contributed by atoms with Gasteiger partial charge < -0.3 is 4.74 Å². The summed E-state index contributed by atoms with van der Waals surface area (Å²) in [5.41, 5.74) is 1.33. The molecular weight excluding hydrogens is 748 g/mol. The highest BCUT2D eigenvalue weighted by Crippen LogP contribution is 2.65. The van der Waals surface area contributed by atoms with Gasteiger partial charge in [-0.1, -0.05) is 15.9 Å². The van der Waals surface area contributed by atoms with E-state index >= 15 is 0 Å². The molecule has 8 aliphatic carbocycles. The van der Waals surface area contributed by atoms with Crippen molar-refractivity contribution >= 4 is 63.9 Å². The highest BCUT2D eigenvalue weighted by molar-refractivity contribution is 9.13. The second kappa shape index (κ2) is 9.88. The van der Waals surface area contributed by atoms with Gasteiger partial charge >= 0.3 is 5.97 Å². The Morgan fingerprint density at radius 1 is 0.714 bits per heavy atom. The molecule has 8 saturated carbocycles. The fourth-order valence-electron chi connectivity index (χ4n) is 11.4. The maximum absolute atomic E-state index is 13.9. The van der Waals surface area contributed by atoms with Crippen LogP contribution in [0.25, 0.3) is 0 Å². The van der Waals surface area contributed by atoms with E-state index in [2.05, 4.69) is 47.8 Å². The number of ether oxygens (including phenoxy) is 1. The van der Waals surface area contributed by atoms with Gasteiger partial charge in [0.25, 0.3) is 10.1 Å². The first kappa shape index (κ1) is 28.7. The third-order valence-corrected chi connectivity index (χ3v) is 15.4. The lowest BCUT2D eigenvalue weighted by molar-refractivity contribution is -0.00889. The Balaban J connectivity index is 1.31. The topological polar surface area (TPSA) is 80.7 Å². The molecule has 0 aliphatic heterocycles. The van der Waals surface area contributed by atoms with E-state index in [9.17, 15) is 17.8 Å². The third-order valence-electron chi connectivity index (χ3n) is 12.0. The minimum atomic E-state index is -4.50. The van der Waals surface area contributed by atoms with Gasteiger partial charge in [-0.3, -0.25) is 4.55 Å². The molecule has 0 unspecified atom stereocenters. The van der Waals surface area contributed by atoms with Crippen molar-refractivity contribution in [2.75, 3.05) is 0 Å².